The Hall–Kier alpha value is -2.68. The molecule has 240 valence electrons. The summed E-state index contributed by atoms with van der Waals surface area (Å²) in [4.78, 5) is 41.0. The van der Waals surface area contributed by atoms with Crippen LogP contribution in [0.4, 0.5) is 9.59 Å². The van der Waals surface area contributed by atoms with Gasteiger partial charge in [0.1, 0.15) is 0 Å². The van der Waals surface area contributed by atoms with Gasteiger partial charge in [0.05, 0.1) is 25.5 Å². The maximum atomic E-state index is 12.2. The number of hydrogen-bond acceptors (Lipinski definition) is 7. The third kappa shape index (κ3) is 22.0. The number of pyridine rings is 1. The van der Waals surface area contributed by atoms with Crippen molar-refractivity contribution in [3.8, 4) is 0 Å². The first-order chi connectivity index (χ1) is 20.5. The second kappa shape index (κ2) is 27.2. The van der Waals surface area contributed by atoms with Gasteiger partial charge >= 0.3 is 12.2 Å². The van der Waals surface area contributed by atoms with Crippen LogP contribution in [0.15, 0.2) is 24.4 Å². The van der Waals surface area contributed by atoms with Gasteiger partial charge in [0.25, 0.3) is 0 Å². The van der Waals surface area contributed by atoms with Crippen molar-refractivity contribution in [2.75, 3.05) is 33.0 Å². The Balaban J connectivity index is 1.84. The van der Waals surface area contributed by atoms with E-state index in [4.69, 9.17) is 14.2 Å². The number of rotatable bonds is 26. The molecule has 1 rings (SSSR count). The first-order valence-electron chi connectivity index (χ1n) is 16.4. The van der Waals surface area contributed by atoms with Gasteiger partial charge in [-0.2, -0.15) is 0 Å². The Morgan fingerprint density at radius 3 is 1.79 bits per heavy atom. The molecule has 3 amide bonds. The van der Waals surface area contributed by atoms with E-state index in [2.05, 4.69) is 17.2 Å². The Morgan fingerprint density at radius 1 is 0.714 bits per heavy atom. The van der Waals surface area contributed by atoms with Gasteiger partial charge in [-0.25, -0.2) is 14.5 Å². The Morgan fingerprint density at radius 2 is 1.26 bits per heavy atom. The fraction of sp³-hybridized carbons (Fsp3) is 0.758. The molecule has 0 saturated heterocycles. The topological polar surface area (TPSA) is 107 Å². The lowest BCUT2D eigenvalue weighted by Gasteiger charge is -2.18. The molecule has 1 heterocycles. The molecule has 1 aromatic heterocycles. The van der Waals surface area contributed by atoms with Crippen molar-refractivity contribution in [3.63, 3.8) is 0 Å². The fourth-order valence-corrected chi connectivity index (χ4v) is 4.52. The van der Waals surface area contributed by atoms with Gasteiger partial charge in [0.15, 0.2) is 0 Å². The Labute approximate surface area is 254 Å². The van der Waals surface area contributed by atoms with Gasteiger partial charge in [-0.3, -0.25) is 9.78 Å². The van der Waals surface area contributed by atoms with E-state index < -0.39 is 12.0 Å². The summed E-state index contributed by atoms with van der Waals surface area (Å²) in [5.74, 6) is -0.402. The molecule has 0 radical (unpaired) electrons. The predicted octanol–water partition coefficient (Wildman–Crippen LogP) is 7.96. The number of nitrogens with zero attached hydrogens (tertiary/aromatic N) is 2. The van der Waals surface area contributed by atoms with Crippen molar-refractivity contribution in [3.05, 3.63) is 30.1 Å². The highest BCUT2D eigenvalue weighted by Crippen LogP contribution is 2.13. The van der Waals surface area contributed by atoms with Crippen LogP contribution in [0, 0.1) is 0 Å². The number of amides is 3. The molecule has 1 N–H and O–H groups in total. The van der Waals surface area contributed by atoms with Gasteiger partial charge < -0.3 is 19.5 Å². The molecule has 9 nitrogen and oxygen atoms in total. The molecule has 0 aromatic carbocycles. The molecule has 0 fully saturated rings. The predicted molar refractivity (Wildman–Crippen MR) is 166 cm³/mol. The number of aromatic nitrogens is 1. The normalized spacial score (nSPS) is 10.8. The summed E-state index contributed by atoms with van der Waals surface area (Å²) in [6.07, 6.45) is 21.5. The summed E-state index contributed by atoms with van der Waals surface area (Å²) in [5.41, 5.74) is 0.605. The van der Waals surface area contributed by atoms with Crippen LogP contribution < -0.4 is 5.32 Å². The van der Waals surface area contributed by atoms with Crippen molar-refractivity contribution < 1.29 is 28.6 Å². The van der Waals surface area contributed by atoms with Crippen LogP contribution >= 0.6 is 0 Å². The van der Waals surface area contributed by atoms with Crippen molar-refractivity contribution in [1.82, 2.24) is 15.2 Å². The summed E-state index contributed by atoms with van der Waals surface area (Å²) < 4.78 is 15.9. The molecule has 42 heavy (non-hydrogen) atoms. The molecule has 0 aliphatic heterocycles. The van der Waals surface area contributed by atoms with E-state index in [1.165, 1.54) is 90.4 Å². The SMILES string of the molecule is CCCCCCCCCCCCCCCCCNC(=O)OCCCOCCCOC(=O)N(Cc1ccccn1)C(C)=O. The molecule has 1 aromatic rings. The van der Waals surface area contributed by atoms with Crippen LogP contribution in [0.3, 0.4) is 0 Å². The number of unbranched alkanes of at least 4 members (excludes halogenated alkanes) is 14. The maximum Gasteiger partial charge on any atom is 0.416 e. The fourth-order valence-electron chi connectivity index (χ4n) is 4.52. The van der Waals surface area contributed by atoms with Gasteiger partial charge in [-0.1, -0.05) is 103 Å². The lowest BCUT2D eigenvalue weighted by atomic mass is 10.0. The zero-order valence-electron chi connectivity index (χ0n) is 26.4. The van der Waals surface area contributed by atoms with Crippen LogP contribution in [0.5, 0.6) is 0 Å². The number of hydrogen-bond donors (Lipinski definition) is 1. The minimum atomic E-state index is -0.697. The lowest BCUT2D eigenvalue weighted by molar-refractivity contribution is -0.127. The Kier molecular flexibility index (Phi) is 24.2. The van der Waals surface area contributed by atoms with E-state index in [1.54, 1.807) is 24.4 Å². The van der Waals surface area contributed by atoms with Crippen LogP contribution in [-0.2, 0) is 25.5 Å². The largest absolute Gasteiger partial charge is 0.449 e. The number of imide groups is 1. The van der Waals surface area contributed by atoms with E-state index in [0.29, 0.717) is 44.9 Å². The molecule has 0 spiro atoms. The highest BCUT2D eigenvalue weighted by Gasteiger charge is 2.20. The van der Waals surface area contributed by atoms with E-state index in [-0.39, 0.29) is 19.2 Å². The van der Waals surface area contributed by atoms with Gasteiger partial charge in [0, 0.05) is 45.7 Å². The first-order valence-corrected chi connectivity index (χ1v) is 16.4. The first kappa shape index (κ1) is 37.3. The molecular formula is C33H57N3O6. The smallest absolute Gasteiger partial charge is 0.416 e. The molecular weight excluding hydrogens is 534 g/mol. The Bertz CT molecular complexity index is 808. The van der Waals surface area contributed by atoms with Crippen LogP contribution in [0.1, 0.15) is 129 Å². The summed E-state index contributed by atoms with van der Waals surface area (Å²) in [7, 11) is 0. The molecule has 9 heteroatoms. The summed E-state index contributed by atoms with van der Waals surface area (Å²) in [6.45, 7) is 5.58. The van der Waals surface area contributed by atoms with Crippen molar-refractivity contribution in [1.29, 1.82) is 0 Å². The summed E-state index contributed by atoms with van der Waals surface area (Å²) >= 11 is 0. The highest BCUT2D eigenvalue weighted by molar-refractivity contribution is 5.90. The zero-order chi connectivity index (χ0) is 30.5. The average Bonchev–Trinajstić information content (AvgIpc) is 2.99. The number of carbonyl (C=O) groups excluding carboxylic acids is 3. The van der Waals surface area contributed by atoms with E-state index in [9.17, 15) is 14.4 Å². The molecule has 0 aliphatic rings. The second-order valence-corrected chi connectivity index (χ2v) is 10.9. The minimum absolute atomic E-state index is 0.0680. The average molecular weight is 592 g/mol. The highest BCUT2D eigenvalue weighted by atomic mass is 16.6. The van der Waals surface area contributed by atoms with Crippen molar-refractivity contribution >= 4 is 18.1 Å². The third-order valence-corrected chi connectivity index (χ3v) is 7.02. The van der Waals surface area contributed by atoms with Gasteiger partial charge in [-0.15, -0.1) is 0 Å². The molecule has 0 aliphatic carbocycles. The van der Waals surface area contributed by atoms with Gasteiger partial charge in [0.2, 0.25) is 5.91 Å². The quantitative estimate of drug-likeness (QED) is 0.109. The molecule has 0 unspecified atom stereocenters. The maximum absolute atomic E-state index is 12.2. The number of ether oxygens (including phenoxy) is 3. The molecule has 0 atom stereocenters. The van der Waals surface area contributed by atoms with E-state index in [0.717, 1.165) is 17.7 Å². The zero-order valence-corrected chi connectivity index (χ0v) is 26.4. The number of nitrogens with one attached hydrogen (secondary N) is 1. The third-order valence-electron chi connectivity index (χ3n) is 7.02. The number of alkyl carbamates (subject to hydrolysis) is 1. The molecule has 0 bridgehead atoms. The van der Waals surface area contributed by atoms with Crippen LogP contribution in [0.2, 0.25) is 0 Å². The van der Waals surface area contributed by atoms with E-state index in [1.807, 2.05) is 0 Å². The van der Waals surface area contributed by atoms with E-state index >= 15 is 0 Å². The number of carbonyl (C=O) groups is 3. The minimum Gasteiger partial charge on any atom is -0.449 e. The van der Waals surface area contributed by atoms with Gasteiger partial charge in [-0.05, 0) is 18.6 Å². The second-order valence-electron chi connectivity index (χ2n) is 10.9. The lowest BCUT2D eigenvalue weighted by Crippen LogP contribution is -2.35. The monoisotopic (exact) mass is 591 g/mol. The van der Waals surface area contributed by atoms with Crippen LogP contribution in [0.25, 0.3) is 0 Å². The summed E-state index contributed by atoms with van der Waals surface area (Å²) in [6, 6.07) is 5.30. The van der Waals surface area contributed by atoms with Crippen molar-refractivity contribution in [2.24, 2.45) is 0 Å². The van der Waals surface area contributed by atoms with Crippen molar-refractivity contribution in [2.45, 2.75) is 130 Å². The summed E-state index contributed by atoms with van der Waals surface area (Å²) in [5, 5.41) is 2.81. The molecule has 0 saturated carbocycles. The standard InChI is InChI=1S/C33H57N3O6/c1-3-4-5-6-7-8-9-10-11-12-13-14-15-16-18-24-35-32(38)41-27-20-25-40-26-21-28-42-33(39)36(30(2)37)29-31-22-17-19-23-34-31/h17,19,22-23H,3-16,18,20-21,24-29H2,1-2H3,(H,35,38). The van der Waals surface area contributed by atoms with Crippen LogP contribution in [-0.4, -0.2) is 60.9 Å².